The highest BCUT2D eigenvalue weighted by molar-refractivity contribution is 5.91. The maximum absolute atomic E-state index is 13.3. The van der Waals surface area contributed by atoms with Gasteiger partial charge in [0.25, 0.3) is 0 Å². The number of carbonyl (C=O) groups excluding carboxylic acids is 2. The Balaban J connectivity index is 1.57. The molecule has 5 heteroatoms. The Hall–Kier alpha value is -2.17. The average molecular weight is 353 g/mol. The van der Waals surface area contributed by atoms with E-state index in [-0.39, 0.29) is 17.9 Å². The van der Waals surface area contributed by atoms with Gasteiger partial charge in [0.2, 0.25) is 11.8 Å². The van der Waals surface area contributed by atoms with Crippen molar-refractivity contribution in [3.8, 4) is 0 Å². The number of pyridine rings is 1. The van der Waals surface area contributed by atoms with Crippen LogP contribution in [0, 0.1) is 5.41 Å². The zero-order chi connectivity index (χ0) is 18.0. The van der Waals surface area contributed by atoms with E-state index in [1.54, 1.807) is 6.20 Å². The molecule has 26 heavy (non-hydrogen) atoms. The lowest BCUT2D eigenvalue weighted by Gasteiger charge is -2.48. The van der Waals surface area contributed by atoms with Crippen molar-refractivity contribution in [3.05, 3.63) is 41.9 Å². The first kappa shape index (κ1) is 17.3. The predicted octanol–water partition coefficient (Wildman–Crippen LogP) is 3.32. The fourth-order valence-electron chi connectivity index (χ4n) is 4.87. The summed E-state index contributed by atoms with van der Waals surface area (Å²) in [6.07, 6.45) is 12.3. The quantitative estimate of drug-likeness (QED) is 0.903. The van der Waals surface area contributed by atoms with Crippen LogP contribution in [0.25, 0.3) is 0 Å². The number of rotatable bonds is 4. The van der Waals surface area contributed by atoms with Crippen molar-refractivity contribution in [1.29, 1.82) is 0 Å². The monoisotopic (exact) mass is 353 g/mol. The predicted molar refractivity (Wildman–Crippen MR) is 98.8 cm³/mol. The van der Waals surface area contributed by atoms with Crippen LogP contribution < -0.4 is 5.32 Å². The molecule has 0 bridgehead atoms. The minimum atomic E-state index is -0.538. The first-order valence-electron chi connectivity index (χ1n) is 9.92. The van der Waals surface area contributed by atoms with Gasteiger partial charge in [0.05, 0.1) is 17.7 Å². The summed E-state index contributed by atoms with van der Waals surface area (Å²) in [5.74, 6) is 0.266. The van der Waals surface area contributed by atoms with Gasteiger partial charge in [-0.3, -0.25) is 14.6 Å². The minimum Gasteiger partial charge on any atom is -0.350 e. The molecule has 2 fully saturated rings. The van der Waals surface area contributed by atoms with Gasteiger partial charge < -0.3 is 10.2 Å². The summed E-state index contributed by atoms with van der Waals surface area (Å²) in [5, 5.41) is 3.10. The third-order valence-corrected chi connectivity index (χ3v) is 6.21. The Kier molecular flexibility index (Phi) is 4.79. The molecule has 138 valence electrons. The van der Waals surface area contributed by atoms with E-state index in [0.717, 1.165) is 43.5 Å². The first-order chi connectivity index (χ1) is 12.7. The van der Waals surface area contributed by atoms with Crippen LogP contribution in [-0.2, 0) is 16.1 Å². The van der Waals surface area contributed by atoms with Crippen molar-refractivity contribution in [1.82, 2.24) is 15.2 Å². The fourth-order valence-corrected chi connectivity index (χ4v) is 4.87. The van der Waals surface area contributed by atoms with Crippen LogP contribution >= 0.6 is 0 Å². The number of likely N-dealkylation sites (tertiary alicyclic amines) is 1. The number of fused-ring (bicyclic) bond motifs is 1. The summed E-state index contributed by atoms with van der Waals surface area (Å²) in [4.78, 5) is 32.3. The largest absolute Gasteiger partial charge is 0.350 e. The third kappa shape index (κ3) is 3.04. The van der Waals surface area contributed by atoms with E-state index >= 15 is 0 Å². The summed E-state index contributed by atoms with van der Waals surface area (Å²) in [6.45, 7) is 0.437. The van der Waals surface area contributed by atoms with Crippen LogP contribution in [0.3, 0.4) is 0 Å². The van der Waals surface area contributed by atoms with Crippen LogP contribution in [-0.4, -0.2) is 27.7 Å². The van der Waals surface area contributed by atoms with E-state index < -0.39 is 5.41 Å². The smallest absolute Gasteiger partial charge is 0.232 e. The van der Waals surface area contributed by atoms with Gasteiger partial charge in [-0.05, 0) is 50.7 Å². The van der Waals surface area contributed by atoms with Crippen molar-refractivity contribution < 1.29 is 9.59 Å². The third-order valence-electron chi connectivity index (χ3n) is 6.21. The van der Waals surface area contributed by atoms with Crippen LogP contribution in [0.15, 0.2) is 36.2 Å². The Morgan fingerprint density at radius 2 is 2.08 bits per heavy atom. The molecule has 1 unspecified atom stereocenters. The molecule has 2 aliphatic carbocycles. The molecule has 1 aliphatic heterocycles. The minimum absolute atomic E-state index is 0.0598. The molecule has 1 aromatic rings. The van der Waals surface area contributed by atoms with Crippen molar-refractivity contribution in [3.63, 3.8) is 0 Å². The highest BCUT2D eigenvalue weighted by Gasteiger charge is 2.51. The van der Waals surface area contributed by atoms with E-state index in [1.165, 1.54) is 12.8 Å². The van der Waals surface area contributed by atoms with Gasteiger partial charge in [-0.2, -0.15) is 0 Å². The number of piperidine rings is 1. The van der Waals surface area contributed by atoms with Gasteiger partial charge in [-0.1, -0.05) is 25.0 Å². The van der Waals surface area contributed by atoms with Crippen LogP contribution in [0.5, 0.6) is 0 Å². The number of hydrogen-bond acceptors (Lipinski definition) is 3. The standard InChI is InChI=1S/C21H27N3O2/c25-19-11-13-21(20(26)23-15-16-7-4-6-14-22-16)12-5-3-10-18(21)24(19)17-8-1-2-9-17/h4,6-7,10,14,17H,1-3,5,8-9,11-13,15H2,(H,23,26). The number of hydrogen-bond donors (Lipinski definition) is 1. The molecule has 3 aliphatic rings. The average Bonchev–Trinajstić information content (AvgIpc) is 3.21. The van der Waals surface area contributed by atoms with Crippen LogP contribution in [0.4, 0.5) is 0 Å². The second kappa shape index (κ2) is 7.22. The summed E-state index contributed by atoms with van der Waals surface area (Å²) in [6, 6.07) is 6.01. The lowest BCUT2D eigenvalue weighted by molar-refractivity contribution is -0.142. The van der Waals surface area contributed by atoms with Crippen molar-refractivity contribution >= 4 is 11.8 Å². The Morgan fingerprint density at radius 1 is 1.23 bits per heavy atom. The molecule has 2 amide bonds. The number of nitrogens with one attached hydrogen (secondary N) is 1. The summed E-state index contributed by atoms with van der Waals surface area (Å²) < 4.78 is 0. The molecule has 1 atom stereocenters. The molecular formula is C21H27N3O2. The number of aromatic nitrogens is 1. The molecule has 0 radical (unpaired) electrons. The highest BCUT2D eigenvalue weighted by atomic mass is 16.2. The van der Waals surface area contributed by atoms with Crippen LogP contribution in [0.2, 0.25) is 0 Å². The van der Waals surface area contributed by atoms with E-state index in [4.69, 9.17) is 0 Å². The number of carbonyl (C=O) groups is 2. The molecule has 0 aromatic carbocycles. The van der Waals surface area contributed by atoms with Gasteiger partial charge in [-0.15, -0.1) is 0 Å². The number of allylic oxidation sites excluding steroid dienone is 1. The van der Waals surface area contributed by atoms with Crippen LogP contribution in [0.1, 0.15) is 63.5 Å². The summed E-state index contributed by atoms with van der Waals surface area (Å²) in [7, 11) is 0. The number of amides is 2. The van der Waals surface area contributed by atoms with Crippen molar-refractivity contribution in [2.24, 2.45) is 5.41 Å². The molecule has 0 spiro atoms. The fraction of sp³-hybridized carbons (Fsp3) is 0.571. The molecule has 1 aromatic heterocycles. The topological polar surface area (TPSA) is 62.3 Å². The zero-order valence-corrected chi connectivity index (χ0v) is 15.2. The lowest BCUT2D eigenvalue weighted by Crippen LogP contribution is -2.55. The van der Waals surface area contributed by atoms with Gasteiger partial charge in [0.1, 0.15) is 0 Å². The highest BCUT2D eigenvalue weighted by Crippen LogP contribution is 2.48. The van der Waals surface area contributed by atoms with Crippen molar-refractivity contribution in [2.75, 3.05) is 0 Å². The molecule has 4 rings (SSSR count). The molecule has 1 saturated heterocycles. The van der Waals surface area contributed by atoms with Gasteiger partial charge in [0, 0.05) is 24.4 Å². The maximum atomic E-state index is 13.3. The number of nitrogens with zero attached hydrogens (tertiary/aromatic N) is 2. The molecule has 1 saturated carbocycles. The molecule has 2 heterocycles. The molecular weight excluding hydrogens is 326 g/mol. The summed E-state index contributed by atoms with van der Waals surface area (Å²) in [5.41, 5.74) is 1.31. The summed E-state index contributed by atoms with van der Waals surface area (Å²) >= 11 is 0. The second-order valence-electron chi connectivity index (χ2n) is 7.77. The zero-order valence-electron chi connectivity index (χ0n) is 15.2. The van der Waals surface area contributed by atoms with E-state index in [2.05, 4.69) is 16.4 Å². The van der Waals surface area contributed by atoms with Gasteiger partial charge in [-0.25, -0.2) is 0 Å². The van der Waals surface area contributed by atoms with Gasteiger partial charge in [0.15, 0.2) is 0 Å². The lowest BCUT2D eigenvalue weighted by atomic mass is 9.68. The SMILES string of the molecule is O=C1CCC2(C(=O)NCc3ccccn3)CCCC=C2N1C1CCCC1. The Morgan fingerprint density at radius 3 is 2.85 bits per heavy atom. The van der Waals surface area contributed by atoms with E-state index in [9.17, 15) is 9.59 Å². The first-order valence-corrected chi connectivity index (χ1v) is 9.92. The Bertz CT molecular complexity index is 709. The van der Waals surface area contributed by atoms with E-state index in [0.29, 0.717) is 19.4 Å². The van der Waals surface area contributed by atoms with Crippen molar-refractivity contribution in [2.45, 2.75) is 70.4 Å². The molecule has 1 N–H and O–H groups in total. The second-order valence-corrected chi connectivity index (χ2v) is 7.77. The Labute approximate surface area is 154 Å². The normalized spacial score (nSPS) is 26.4. The van der Waals surface area contributed by atoms with Gasteiger partial charge >= 0.3 is 0 Å². The molecule has 5 nitrogen and oxygen atoms in total. The maximum Gasteiger partial charge on any atom is 0.232 e. The van der Waals surface area contributed by atoms with E-state index in [1.807, 2.05) is 23.1 Å².